The molecular formula is C36H39N7O2S. The number of thiazole rings is 1. The Labute approximate surface area is 273 Å². The summed E-state index contributed by atoms with van der Waals surface area (Å²) in [7, 11) is 0. The molecule has 0 unspecified atom stereocenters. The molecular weight excluding hydrogens is 595 g/mol. The van der Waals surface area contributed by atoms with Gasteiger partial charge in [-0.1, -0.05) is 56.7 Å². The van der Waals surface area contributed by atoms with Gasteiger partial charge >= 0.3 is 6.03 Å². The number of para-hydroxylation sites is 1. The number of anilines is 2. The van der Waals surface area contributed by atoms with Crippen LogP contribution in [0.25, 0.3) is 16.3 Å². The van der Waals surface area contributed by atoms with Gasteiger partial charge in [0.05, 0.1) is 11.4 Å². The van der Waals surface area contributed by atoms with Gasteiger partial charge in [-0.2, -0.15) is 5.10 Å². The molecule has 2 N–H and O–H groups in total. The number of aryl methyl sites for hydroxylation is 1. The monoisotopic (exact) mass is 633 g/mol. The van der Waals surface area contributed by atoms with Crippen molar-refractivity contribution in [2.24, 2.45) is 5.92 Å². The summed E-state index contributed by atoms with van der Waals surface area (Å²) in [6.07, 6.45) is 6.07. The second-order valence-electron chi connectivity index (χ2n) is 12.9. The Kier molecular flexibility index (Phi) is 8.99. The Bertz CT molecular complexity index is 1820. The summed E-state index contributed by atoms with van der Waals surface area (Å²) in [4.78, 5) is 37.2. The fraction of sp³-hybridized carbons (Fsp3) is 0.306. The Morgan fingerprint density at radius 3 is 2.46 bits per heavy atom. The number of aromatic nitrogens is 4. The molecule has 1 saturated heterocycles. The van der Waals surface area contributed by atoms with Gasteiger partial charge in [0.1, 0.15) is 16.5 Å². The zero-order valence-electron chi connectivity index (χ0n) is 26.7. The third kappa shape index (κ3) is 7.18. The summed E-state index contributed by atoms with van der Waals surface area (Å²) in [5.41, 5.74) is 6.00. The normalized spacial score (nSPS) is 13.9. The fourth-order valence-electron chi connectivity index (χ4n) is 5.62. The van der Waals surface area contributed by atoms with E-state index < -0.39 is 0 Å². The van der Waals surface area contributed by atoms with Crippen LogP contribution in [0.4, 0.5) is 16.3 Å². The summed E-state index contributed by atoms with van der Waals surface area (Å²) in [5, 5.41) is 13.6. The quantitative estimate of drug-likeness (QED) is 0.191. The van der Waals surface area contributed by atoms with Crippen molar-refractivity contribution >= 4 is 34.8 Å². The first-order valence-corrected chi connectivity index (χ1v) is 16.5. The number of benzene rings is 2. The number of carbonyl (C=O) groups excluding carboxylic acids is 2. The van der Waals surface area contributed by atoms with Crippen molar-refractivity contribution in [2.75, 3.05) is 23.7 Å². The molecule has 0 radical (unpaired) electrons. The lowest BCUT2D eigenvalue weighted by Crippen LogP contribution is -2.39. The molecule has 1 aliphatic heterocycles. The van der Waals surface area contributed by atoms with Crippen molar-refractivity contribution in [3.05, 3.63) is 107 Å². The lowest BCUT2D eigenvalue weighted by atomic mass is 9.89. The third-order valence-electron chi connectivity index (χ3n) is 8.31. The number of urea groups is 1. The van der Waals surface area contributed by atoms with Gasteiger partial charge in [0.25, 0.3) is 5.91 Å². The van der Waals surface area contributed by atoms with Crippen LogP contribution in [-0.2, 0) is 11.8 Å². The topological polar surface area (TPSA) is 105 Å². The molecule has 10 heteroatoms. The van der Waals surface area contributed by atoms with Gasteiger partial charge in [-0.3, -0.25) is 15.1 Å². The number of pyridine rings is 1. The van der Waals surface area contributed by atoms with Gasteiger partial charge in [-0.05, 0) is 68.0 Å². The highest BCUT2D eigenvalue weighted by Crippen LogP contribution is 2.29. The first kappa shape index (κ1) is 31.2. The van der Waals surface area contributed by atoms with Crippen molar-refractivity contribution < 1.29 is 9.59 Å². The molecule has 0 spiro atoms. The molecule has 1 aliphatic rings. The second-order valence-corrected chi connectivity index (χ2v) is 13.7. The van der Waals surface area contributed by atoms with Crippen LogP contribution in [0, 0.1) is 12.8 Å². The van der Waals surface area contributed by atoms with Crippen LogP contribution in [0.2, 0.25) is 0 Å². The molecule has 6 rings (SSSR count). The maximum Gasteiger partial charge on any atom is 0.324 e. The van der Waals surface area contributed by atoms with Crippen LogP contribution in [0.3, 0.4) is 0 Å². The number of hydrogen-bond acceptors (Lipinski definition) is 6. The number of amides is 3. The standard InChI is InChI=1S/C36H39N7O2S/c1-24-11-13-28(14-12-24)43-32(21-31(41-43)36(2,3)4)40-35(45)39-29-10-6-5-8-26(29)20-25-15-18-42(19-16-25)34(44)30-23-46-33(38-30)27-9-7-17-37-22-27/h5-14,17,21-23,25H,15-16,18-20H2,1-4H3,(H2,39,40,45). The molecule has 3 aromatic heterocycles. The van der Waals surface area contributed by atoms with E-state index in [0.717, 1.165) is 58.0 Å². The number of piperidine rings is 1. The Morgan fingerprint density at radius 1 is 0.978 bits per heavy atom. The molecule has 1 fully saturated rings. The van der Waals surface area contributed by atoms with E-state index in [1.54, 1.807) is 17.1 Å². The number of rotatable bonds is 7. The first-order valence-electron chi connectivity index (χ1n) is 15.6. The van der Waals surface area contributed by atoms with E-state index in [1.807, 2.05) is 77.9 Å². The van der Waals surface area contributed by atoms with Crippen molar-refractivity contribution in [3.8, 4) is 16.3 Å². The van der Waals surface area contributed by atoms with E-state index in [9.17, 15) is 9.59 Å². The summed E-state index contributed by atoms with van der Waals surface area (Å²) in [6, 6.07) is 21.4. The van der Waals surface area contributed by atoms with Gasteiger partial charge < -0.3 is 10.2 Å². The zero-order valence-corrected chi connectivity index (χ0v) is 27.5. The Balaban J connectivity index is 1.08. The highest BCUT2D eigenvalue weighted by Gasteiger charge is 2.26. The predicted molar refractivity (Wildman–Crippen MR) is 184 cm³/mol. The number of likely N-dealkylation sites (tertiary alicyclic amines) is 1. The predicted octanol–water partition coefficient (Wildman–Crippen LogP) is 7.74. The summed E-state index contributed by atoms with van der Waals surface area (Å²) < 4.78 is 1.78. The van der Waals surface area contributed by atoms with E-state index >= 15 is 0 Å². The van der Waals surface area contributed by atoms with Gasteiger partial charge in [0.2, 0.25) is 0 Å². The van der Waals surface area contributed by atoms with E-state index in [2.05, 4.69) is 47.4 Å². The largest absolute Gasteiger partial charge is 0.337 e. The van der Waals surface area contributed by atoms with Crippen LogP contribution in [0.5, 0.6) is 0 Å². The van der Waals surface area contributed by atoms with Crippen molar-refractivity contribution in [1.29, 1.82) is 0 Å². The summed E-state index contributed by atoms with van der Waals surface area (Å²) >= 11 is 1.46. The molecule has 0 atom stereocenters. The average molecular weight is 634 g/mol. The molecule has 3 amide bonds. The second kappa shape index (κ2) is 13.3. The van der Waals surface area contributed by atoms with Crippen molar-refractivity contribution in [1.82, 2.24) is 24.6 Å². The van der Waals surface area contributed by atoms with Gasteiger partial charge in [-0.15, -0.1) is 11.3 Å². The van der Waals surface area contributed by atoms with Crippen LogP contribution in [0.15, 0.2) is 84.5 Å². The molecule has 4 heterocycles. The Hall–Kier alpha value is -4.83. The van der Waals surface area contributed by atoms with Crippen molar-refractivity contribution in [3.63, 3.8) is 0 Å². The van der Waals surface area contributed by atoms with Gasteiger partial charge in [0, 0.05) is 53.6 Å². The lowest BCUT2D eigenvalue weighted by molar-refractivity contribution is 0.0685. The minimum atomic E-state index is -0.324. The molecule has 5 aromatic rings. The van der Waals surface area contributed by atoms with E-state index in [4.69, 9.17) is 5.10 Å². The minimum Gasteiger partial charge on any atom is -0.337 e. The fourth-order valence-corrected chi connectivity index (χ4v) is 6.40. The highest BCUT2D eigenvalue weighted by atomic mass is 32.1. The summed E-state index contributed by atoms with van der Waals surface area (Å²) in [6.45, 7) is 9.72. The molecule has 9 nitrogen and oxygen atoms in total. The number of nitrogens with one attached hydrogen (secondary N) is 2. The van der Waals surface area contributed by atoms with Gasteiger partial charge in [0.15, 0.2) is 0 Å². The molecule has 0 bridgehead atoms. The maximum absolute atomic E-state index is 13.4. The van der Waals surface area contributed by atoms with E-state index in [0.29, 0.717) is 30.5 Å². The first-order chi connectivity index (χ1) is 22.1. The molecule has 0 aliphatic carbocycles. The average Bonchev–Trinajstić information content (AvgIpc) is 3.71. The van der Waals surface area contributed by atoms with E-state index in [1.165, 1.54) is 11.3 Å². The van der Waals surface area contributed by atoms with Crippen molar-refractivity contribution in [2.45, 2.75) is 52.4 Å². The molecule has 46 heavy (non-hydrogen) atoms. The lowest BCUT2D eigenvalue weighted by Gasteiger charge is -2.32. The van der Waals surface area contributed by atoms with Gasteiger partial charge in [-0.25, -0.2) is 14.5 Å². The number of nitrogens with zero attached hydrogens (tertiary/aromatic N) is 5. The molecule has 0 saturated carbocycles. The molecule has 236 valence electrons. The zero-order chi connectivity index (χ0) is 32.3. The van der Waals surface area contributed by atoms with Crippen LogP contribution < -0.4 is 10.6 Å². The van der Waals surface area contributed by atoms with Crippen LogP contribution in [-0.4, -0.2) is 49.7 Å². The van der Waals surface area contributed by atoms with E-state index in [-0.39, 0.29) is 17.4 Å². The van der Waals surface area contributed by atoms with Crippen LogP contribution >= 0.6 is 11.3 Å². The molecule has 2 aromatic carbocycles. The number of carbonyl (C=O) groups is 2. The highest BCUT2D eigenvalue weighted by molar-refractivity contribution is 7.13. The number of hydrogen-bond donors (Lipinski definition) is 2. The summed E-state index contributed by atoms with van der Waals surface area (Å²) in [5.74, 6) is 0.977. The minimum absolute atomic E-state index is 0.0249. The smallest absolute Gasteiger partial charge is 0.324 e. The Morgan fingerprint density at radius 2 is 1.74 bits per heavy atom. The SMILES string of the molecule is Cc1ccc(-n2nc(C(C)(C)C)cc2NC(=O)Nc2ccccc2CC2CCN(C(=O)c3csc(-c4cccnc4)n3)CC2)cc1. The third-order valence-corrected chi connectivity index (χ3v) is 9.20. The van der Waals surface area contributed by atoms with Crippen LogP contribution in [0.1, 0.15) is 60.9 Å². The maximum atomic E-state index is 13.4.